The zero-order valence-corrected chi connectivity index (χ0v) is 12.9. The van der Waals surface area contributed by atoms with Crippen LogP contribution in [0.1, 0.15) is 24.1 Å². The number of aryl methyl sites for hydroxylation is 1. The van der Waals surface area contributed by atoms with E-state index in [-0.39, 0.29) is 11.4 Å². The van der Waals surface area contributed by atoms with E-state index in [4.69, 9.17) is 0 Å². The predicted molar refractivity (Wildman–Crippen MR) is 86.0 cm³/mol. The molecule has 116 valence electrons. The van der Waals surface area contributed by atoms with Crippen LogP contribution in [-0.4, -0.2) is 21.8 Å². The predicted octanol–water partition coefficient (Wildman–Crippen LogP) is 2.88. The molecule has 2 aromatic rings. The first kappa shape index (κ1) is 15.0. The Morgan fingerprint density at radius 2 is 1.87 bits per heavy atom. The number of aliphatic hydroxyl groups is 1. The summed E-state index contributed by atoms with van der Waals surface area (Å²) in [5, 5.41) is 10.2. The van der Waals surface area contributed by atoms with E-state index in [9.17, 15) is 14.7 Å². The number of carbonyl (C=O) groups excluding carboxylic acids is 2. The number of amides is 1. The molecule has 1 aromatic heterocycles. The van der Waals surface area contributed by atoms with E-state index in [1.54, 1.807) is 24.4 Å². The van der Waals surface area contributed by atoms with Crippen molar-refractivity contribution in [1.29, 1.82) is 0 Å². The summed E-state index contributed by atoms with van der Waals surface area (Å²) in [6, 6.07) is 12.0. The molecular weight excluding hydrogens is 292 g/mol. The van der Waals surface area contributed by atoms with E-state index in [2.05, 4.69) is 4.98 Å². The lowest BCUT2D eigenvalue weighted by Gasteiger charge is -2.25. The van der Waals surface area contributed by atoms with Crippen LogP contribution in [0.3, 0.4) is 0 Å². The second-order valence-electron chi connectivity index (χ2n) is 5.49. The second kappa shape index (κ2) is 5.68. The van der Waals surface area contributed by atoms with Crippen molar-refractivity contribution in [2.24, 2.45) is 0 Å². The molecule has 1 aliphatic rings. The molecule has 0 aliphatic carbocycles. The molecule has 1 amide bonds. The maximum absolute atomic E-state index is 12.5. The zero-order chi connectivity index (χ0) is 16.6. The van der Waals surface area contributed by atoms with Gasteiger partial charge in [0.25, 0.3) is 5.91 Å². The van der Waals surface area contributed by atoms with Gasteiger partial charge < -0.3 is 5.11 Å². The number of hydrogen-bond donors (Lipinski definition) is 1. The standard InChI is InChI=1S/C18H16N2O3/c1-11-6-8-13(9-7-11)16-15(12(2)21)17(22)18(23)20(16)14-5-3-4-10-19-14/h3-10,16,22H,1-2H3/t16-/m0/s1. The summed E-state index contributed by atoms with van der Waals surface area (Å²) in [6.07, 6.45) is 1.57. The molecule has 5 heteroatoms. The van der Waals surface area contributed by atoms with Crippen molar-refractivity contribution in [3.63, 3.8) is 0 Å². The van der Waals surface area contributed by atoms with Crippen LogP contribution in [0.15, 0.2) is 60.0 Å². The molecule has 23 heavy (non-hydrogen) atoms. The molecular formula is C18H16N2O3. The topological polar surface area (TPSA) is 70.5 Å². The van der Waals surface area contributed by atoms with Crippen LogP contribution in [0.4, 0.5) is 5.82 Å². The molecule has 0 fully saturated rings. The summed E-state index contributed by atoms with van der Waals surface area (Å²) in [6.45, 7) is 3.31. The number of ketones is 1. The maximum Gasteiger partial charge on any atom is 0.295 e. The number of pyridine rings is 1. The third-order valence-electron chi connectivity index (χ3n) is 3.88. The van der Waals surface area contributed by atoms with Crippen LogP contribution >= 0.6 is 0 Å². The highest BCUT2D eigenvalue weighted by atomic mass is 16.3. The number of nitrogens with zero attached hydrogens (tertiary/aromatic N) is 2. The number of anilines is 1. The third-order valence-corrected chi connectivity index (χ3v) is 3.88. The van der Waals surface area contributed by atoms with E-state index >= 15 is 0 Å². The Bertz CT molecular complexity index is 795. The Morgan fingerprint density at radius 3 is 2.43 bits per heavy atom. The van der Waals surface area contributed by atoms with Gasteiger partial charge in [-0.1, -0.05) is 35.9 Å². The van der Waals surface area contributed by atoms with Gasteiger partial charge >= 0.3 is 0 Å². The van der Waals surface area contributed by atoms with E-state index in [1.165, 1.54) is 11.8 Å². The molecule has 1 atom stereocenters. The average Bonchev–Trinajstić information content (AvgIpc) is 2.81. The number of benzene rings is 1. The maximum atomic E-state index is 12.5. The van der Waals surface area contributed by atoms with Crippen LogP contribution in [0.5, 0.6) is 0 Å². The molecule has 2 heterocycles. The van der Waals surface area contributed by atoms with Crippen molar-refractivity contribution in [2.45, 2.75) is 19.9 Å². The lowest BCUT2D eigenvalue weighted by molar-refractivity contribution is -0.117. The highest BCUT2D eigenvalue weighted by Crippen LogP contribution is 2.39. The molecule has 0 unspecified atom stereocenters. The molecule has 5 nitrogen and oxygen atoms in total. The lowest BCUT2D eigenvalue weighted by Crippen LogP contribution is -2.31. The third kappa shape index (κ3) is 2.50. The number of carbonyl (C=O) groups is 2. The Hall–Kier alpha value is -2.95. The lowest BCUT2D eigenvalue weighted by atomic mass is 9.96. The van der Waals surface area contributed by atoms with Crippen molar-refractivity contribution < 1.29 is 14.7 Å². The second-order valence-corrected chi connectivity index (χ2v) is 5.49. The van der Waals surface area contributed by atoms with Gasteiger partial charge in [-0.05, 0) is 31.5 Å². The Labute approximate surface area is 133 Å². The highest BCUT2D eigenvalue weighted by Gasteiger charge is 2.43. The number of aliphatic hydroxyl groups excluding tert-OH is 1. The van der Waals surface area contributed by atoms with Crippen LogP contribution in [0.25, 0.3) is 0 Å². The molecule has 1 aliphatic heterocycles. The smallest absolute Gasteiger partial charge is 0.295 e. The molecule has 0 saturated carbocycles. The van der Waals surface area contributed by atoms with Crippen LogP contribution in [0.2, 0.25) is 0 Å². The largest absolute Gasteiger partial charge is 0.503 e. The number of Topliss-reactive ketones (excluding diaryl/α,β-unsaturated/α-hetero) is 1. The molecule has 1 aromatic carbocycles. The quantitative estimate of drug-likeness (QED) is 0.946. The minimum Gasteiger partial charge on any atom is -0.503 e. The summed E-state index contributed by atoms with van der Waals surface area (Å²) in [5.41, 5.74) is 1.92. The van der Waals surface area contributed by atoms with Gasteiger partial charge in [-0.15, -0.1) is 0 Å². The van der Waals surface area contributed by atoms with Gasteiger partial charge in [0.05, 0.1) is 11.6 Å². The molecule has 1 N–H and O–H groups in total. The van der Waals surface area contributed by atoms with Gasteiger partial charge in [-0.2, -0.15) is 0 Å². The first-order valence-electron chi connectivity index (χ1n) is 7.26. The normalized spacial score (nSPS) is 17.7. The van der Waals surface area contributed by atoms with Crippen molar-refractivity contribution in [2.75, 3.05) is 4.90 Å². The van der Waals surface area contributed by atoms with Gasteiger partial charge in [0, 0.05) is 6.20 Å². The summed E-state index contributed by atoms with van der Waals surface area (Å²) < 4.78 is 0. The zero-order valence-electron chi connectivity index (χ0n) is 12.9. The average molecular weight is 308 g/mol. The molecule has 0 spiro atoms. The minimum absolute atomic E-state index is 0.101. The summed E-state index contributed by atoms with van der Waals surface area (Å²) >= 11 is 0. The molecule has 0 bridgehead atoms. The molecule has 3 rings (SSSR count). The SMILES string of the molecule is CC(=O)C1=C(O)C(=O)N(c2ccccn2)[C@H]1c1ccc(C)cc1. The first-order valence-corrected chi connectivity index (χ1v) is 7.26. The van der Waals surface area contributed by atoms with Crippen LogP contribution in [0, 0.1) is 6.92 Å². The van der Waals surface area contributed by atoms with Crippen molar-refractivity contribution in [1.82, 2.24) is 4.98 Å². The number of aromatic nitrogens is 1. The van der Waals surface area contributed by atoms with Crippen molar-refractivity contribution in [3.8, 4) is 0 Å². The monoisotopic (exact) mass is 308 g/mol. The van der Waals surface area contributed by atoms with Gasteiger partial charge in [0.15, 0.2) is 11.5 Å². The number of hydrogen-bond acceptors (Lipinski definition) is 4. The van der Waals surface area contributed by atoms with Gasteiger partial charge in [0.2, 0.25) is 0 Å². The summed E-state index contributed by atoms with van der Waals surface area (Å²) in [7, 11) is 0. The first-order chi connectivity index (χ1) is 11.0. The fraction of sp³-hybridized carbons (Fsp3) is 0.167. The fourth-order valence-electron chi connectivity index (χ4n) is 2.76. The Kier molecular flexibility index (Phi) is 3.70. The van der Waals surface area contributed by atoms with Crippen molar-refractivity contribution in [3.05, 3.63) is 71.1 Å². The summed E-state index contributed by atoms with van der Waals surface area (Å²) in [5.74, 6) is -1.06. The van der Waals surface area contributed by atoms with E-state index < -0.39 is 17.7 Å². The Morgan fingerprint density at radius 1 is 1.17 bits per heavy atom. The minimum atomic E-state index is -0.671. The van der Waals surface area contributed by atoms with Gasteiger partial charge in [-0.25, -0.2) is 4.98 Å². The number of rotatable bonds is 3. The molecule has 0 radical (unpaired) electrons. The van der Waals surface area contributed by atoms with E-state index in [0.29, 0.717) is 5.82 Å². The van der Waals surface area contributed by atoms with E-state index in [0.717, 1.165) is 11.1 Å². The van der Waals surface area contributed by atoms with Crippen molar-refractivity contribution >= 4 is 17.5 Å². The van der Waals surface area contributed by atoms with Crippen LogP contribution in [-0.2, 0) is 9.59 Å². The highest BCUT2D eigenvalue weighted by molar-refractivity contribution is 6.15. The van der Waals surface area contributed by atoms with Gasteiger partial charge in [-0.3, -0.25) is 14.5 Å². The van der Waals surface area contributed by atoms with Gasteiger partial charge in [0.1, 0.15) is 5.82 Å². The van der Waals surface area contributed by atoms with Crippen LogP contribution < -0.4 is 4.90 Å². The Balaban J connectivity index is 2.17. The van der Waals surface area contributed by atoms with E-state index in [1.807, 2.05) is 31.2 Å². The summed E-state index contributed by atoms with van der Waals surface area (Å²) in [4.78, 5) is 30.1. The fourth-order valence-corrected chi connectivity index (χ4v) is 2.76. The molecule has 0 saturated heterocycles.